The summed E-state index contributed by atoms with van der Waals surface area (Å²) in [5, 5.41) is 0.595. The maximum absolute atomic E-state index is 2.53. The highest BCUT2D eigenvalue weighted by Crippen LogP contribution is 2.50. The normalized spacial score (nSPS) is 14.7. The van der Waals surface area contributed by atoms with Gasteiger partial charge in [-0.15, -0.1) is 0 Å². The fraction of sp³-hybridized carbons (Fsp3) is 1.00. The largest absolute Gasteiger partial charge is 0.125 e. The number of rotatable bonds is 3. The summed E-state index contributed by atoms with van der Waals surface area (Å²) < 4.78 is 0. The Kier molecular flexibility index (Phi) is 3.92. The van der Waals surface area contributed by atoms with Gasteiger partial charge < -0.3 is 0 Å². The summed E-state index contributed by atoms with van der Waals surface area (Å²) >= 11 is 0. The van der Waals surface area contributed by atoms with Crippen LogP contribution in [-0.4, -0.2) is 7.28 Å². The van der Waals surface area contributed by atoms with E-state index < -0.39 is 0 Å². The molecule has 14 heavy (non-hydrogen) atoms. The molecule has 0 nitrogen and oxygen atoms in total. The highest BCUT2D eigenvalue weighted by molar-refractivity contribution is 6.44. The van der Waals surface area contributed by atoms with Crippen molar-refractivity contribution >= 4 is 7.28 Å². The van der Waals surface area contributed by atoms with Gasteiger partial charge in [0.1, 0.15) is 7.28 Å². The molecule has 0 atom stereocenters. The standard InChI is InChI=1S/C13H28B/c1-10(2)12(6,7)14-13(8,9)11(3,4)5/h10H,1-9H3. The summed E-state index contributed by atoms with van der Waals surface area (Å²) in [5.74, 6) is 0.698. The second kappa shape index (κ2) is 3.91. The molecule has 0 saturated heterocycles. The molecule has 0 rings (SSSR count). The van der Waals surface area contributed by atoms with Gasteiger partial charge in [0.15, 0.2) is 0 Å². The van der Waals surface area contributed by atoms with Crippen LogP contribution in [0.5, 0.6) is 0 Å². The molecule has 0 aliphatic heterocycles. The van der Waals surface area contributed by atoms with E-state index in [1.807, 2.05) is 0 Å². The Morgan fingerprint density at radius 1 is 0.786 bits per heavy atom. The Hall–Kier alpha value is 0.0649. The van der Waals surface area contributed by atoms with E-state index in [2.05, 4.69) is 69.6 Å². The second-order valence-corrected chi connectivity index (χ2v) is 7.09. The Morgan fingerprint density at radius 3 is 1.36 bits per heavy atom. The van der Waals surface area contributed by atoms with E-state index in [1.54, 1.807) is 0 Å². The summed E-state index contributed by atoms with van der Waals surface area (Å²) in [6, 6.07) is 0. The lowest BCUT2D eigenvalue weighted by Crippen LogP contribution is -2.36. The molecular formula is C13H28B. The fourth-order valence-corrected chi connectivity index (χ4v) is 1.31. The van der Waals surface area contributed by atoms with Crippen LogP contribution in [0, 0.1) is 11.3 Å². The van der Waals surface area contributed by atoms with Gasteiger partial charge in [-0.1, -0.05) is 72.9 Å². The molecule has 0 aliphatic rings. The average molecular weight is 195 g/mol. The molecule has 0 aromatic heterocycles. The van der Waals surface area contributed by atoms with Gasteiger partial charge in [-0.3, -0.25) is 0 Å². The van der Waals surface area contributed by atoms with Gasteiger partial charge in [0, 0.05) is 0 Å². The predicted molar refractivity (Wildman–Crippen MR) is 68.1 cm³/mol. The van der Waals surface area contributed by atoms with E-state index in [0.29, 0.717) is 16.6 Å². The molecule has 0 fully saturated rings. The molecular weight excluding hydrogens is 167 g/mol. The lowest BCUT2D eigenvalue weighted by Gasteiger charge is -2.45. The van der Waals surface area contributed by atoms with Crippen molar-refractivity contribution in [1.29, 1.82) is 0 Å². The van der Waals surface area contributed by atoms with Crippen molar-refractivity contribution in [2.75, 3.05) is 0 Å². The molecule has 1 radical (unpaired) electrons. The molecule has 0 aliphatic carbocycles. The molecule has 0 bridgehead atoms. The van der Waals surface area contributed by atoms with Crippen LogP contribution in [-0.2, 0) is 0 Å². The first-order valence-electron chi connectivity index (χ1n) is 5.77. The quantitative estimate of drug-likeness (QED) is 0.568. The zero-order chi connectivity index (χ0) is 11.8. The van der Waals surface area contributed by atoms with E-state index in [1.165, 1.54) is 0 Å². The third kappa shape index (κ3) is 3.33. The van der Waals surface area contributed by atoms with Crippen LogP contribution in [0.1, 0.15) is 62.3 Å². The molecule has 0 aromatic rings. The average Bonchev–Trinajstić information content (AvgIpc) is 1.80. The van der Waals surface area contributed by atoms with E-state index in [-0.39, 0.29) is 5.31 Å². The van der Waals surface area contributed by atoms with Crippen molar-refractivity contribution in [2.45, 2.75) is 72.9 Å². The first-order chi connectivity index (χ1) is 5.90. The smallest absolute Gasteiger partial charge is 0.0669 e. The maximum atomic E-state index is 2.53. The highest BCUT2D eigenvalue weighted by atomic mass is 14.3. The third-order valence-electron chi connectivity index (χ3n) is 4.15. The Morgan fingerprint density at radius 2 is 1.14 bits per heavy atom. The molecule has 83 valence electrons. The van der Waals surface area contributed by atoms with Crippen LogP contribution in [0.2, 0.25) is 10.6 Å². The molecule has 1 heteroatoms. The summed E-state index contributed by atoms with van der Waals surface area (Å²) in [5.41, 5.74) is 0.332. The minimum atomic E-state index is 0.279. The van der Waals surface area contributed by atoms with Gasteiger partial charge in [-0.2, -0.15) is 0 Å². The van der Waals surface area contributed by atoms with E-state index in [4.69, 9.17) is 0 Å². The van der Waals surface area contributed by atoms with Crippen LogP contribution in [0.25, 0.3) is 0 Å². The Bertz CT molecular complexity index is 182. The molecule has 0 spiro atoms. The summed E-state index contributed by atoms with van der Waals surface area (Å²) in [6.07, 6.45) is 0. The third-order valence-corrected chi connectivity index (χ3v) is 4.15. The van der Waals surface area contributed by atoms with Gasteiger partial charge >= 0.3 is 0 Å². The van der Waals surface area contributed by atoms with Crippen molar-refractivity contribution < 1.29 is 0 Å². The van der Waals surface area contributed by atoms with Crippen molar-refractivity contribution in [3.05, 3.63) is 0 Å². The van der Waals surface area contributed by atoms with Gasteiger partial charge in [-0.25, -0.2) is 0 Å². The zero-order valence-corrected chi connectivity index (χ0v) is 11.7. The van der Waals surface area contributed by atoms with E-state index in [9.17, 15) is 0 Å². The molecule has 0 N–H and O–H groups in total. The lowest BCUT2D eigenvalue weighted by molar-refractivity contribution is 0.287. The number of hydrogen-bond donors (Lipinski definition) is 0. The molecule has 0 heterocycles. The van der Waals surface area contributed by atoms with E-state index >= 15 is 0 Å². The van der Waals surface area contributed by atoms with Crippen LogP contribution in [0.4, 0.5) is 0 Å². The van der Waals surface area contributed by atoms with Gasteiger partial charge in [0.05, 0.1) is 0 Å². The summed E-state index contributed by atoms with van der Waals surface area (Å²) in [6.45, 7) is 20.9. The van der Waals surface area contributed by atoms with Crippen molar-refractivity contribution in [3.63, 3.8) is 0 Å². The Balaban J connectivity index is 4.67. The van der Waals surface area contributed by atoms with Crippen molar-refractivity contribution in [2.24, 2.45) is 11.3 Å². The number of hydrogen-bond acceptors (Lipinski definition) is 0. The zero-order valence-electron chi connectivity index (χ0n) is 11.7. The predicted octanol–water partition coefficient (Wildman–Crippen LogP) is 4.79. The van der Waals surface area contributed by atoms with Crippen LogP contribution in [0.3, 0.4) is 0 Å². The van der Waals surface area contributed by atoms with Crippen molar-refractivity contribution in [3.8, 4) is 0 Å². The minimum absolute atomic E-state index is 0.279. The van der Waals surface area contributed by atoms with Crippen molar-refractivity contribution in [1.82, 2.24) is 0 Å². The lowest BCUT2D eigenvalue weighted by atomic mass is 9.33. The molecule has 0 unspecified atom stereocenters. The van der Waals surface area contributed by atoms with Gasteiger partial charge in [-0.05, 0) is 11.3 Å². The Labute approximate surface area is 92.1 Å². The summed E-state index contributed by atoms with van der Waals surface area (Å²) in [4.78, 5) is 0. The van der Waals surface area contributed by atoms with Crippen LogP contribution in [0.15, 0.2) is 0 Å². The van der Waals surface area contributed by atoms with Crippen LogP contribution < -0.4 is 0 Å². The van der Waals surface area contributed by atoms with E-state index in [0.717, 1.165) is 0 Å². The molecule has 0 aromatic carbocycles. The maximum Gasteiger partial charge on any atom is 0.125 e. The van der Waals surface area contributed by atoms with Crippen LogP contribution >= 0.6 is 0 Å². The second-order valence-electron chi connectivity index (χ2n) is 7.09. The topological polar surface area (TPSA) is 0 Å². The monoisotopic (exact) mass is 195 g/mol. The first kappa shape index (κ1) is 14.1. The van der Waals surface area contributed by atoms with Gasteiger partial charge in [0.2, 0.25) is 0 Å². The highest BCUT2D eigenvalue weighted by Gasteiger charge is 2.39. The fourth-order valence-electron chi connectivity index (χ4n) is 1.31. The summed E-state index contributed by atoms with van der Waals surface area (Å²) in [7, 11) is 2.53. The van der Waals surface area contributed by atoms with Gasteiger partial charge in [0.25, 0.3) is 0 Å². The SMILES string of the molecule is CC(C)C(C)(C)[B]C(C)(C)C(C)(C)C. The first-order valence-corrected chi connectivity index (χ1v) is 5.77. The molecule has 0 saturated carbocycles. The minimum Gasteiger partial charge on any atom is -0.0669 e. The molecule has 0 amide bonds.